The predicted octanol–water partition coefficient (Wildman–Crippen LogP) is 3.04. The number of benzene rings is 1. The van der Waals surface area contributed by atoms with E-state index in [0.717, 1.165) is 24.3 Å². The first-order valence-electron chi connectivity index (χ1n) is 7.66. The molecule has 1 unspecified atom stereocenters. The molecule has 8 nitrogen and oxygen atoms in total. The van der Waals surface area contributed by atoms with E-state index in [1.165, 1.54) is 11.4 Å². The molecular weight excluding hydrogens is 490 g/mol. The third-order valence-electron chi connectivity index (χ3n) is 3.35. The van der Waals surface area contributed by atoms with Gasteiger partial charge in [0.1, 0.15) is 12.2 Å². The molecule has 0 fully saturated rings. The summed E-state index contributed by atoms with van der Waals surface area (Å²) < 4.78 is 142. The Morgan fingerprint density at radius 3 is 1.91 bits per heavy atom. The molecule has 0 aliphatic carbocycles. The fourth-order valence-corrected chi connectivity index (χ4v) is 1.92. The number of hydrogen-bond donors (Lipinski definition) is 2. The number of anilines is 1. The van der Waals surface area contributed by atoms with Crippen molar-refractivity contribution < 1.29 is 67.2 Å². The van der Waals surface area contributed by atoms with Gasteiger partial charge in [0.25, 0.3) is 0 Å². The Bertz CT molecular complexity index is 976. The van der Waals surface area contributed by atoms with Crippen molar-refractivity contribution in [2.45, 2.75) is 23.4 Å². The summed E-state index contributed by atoms with van der Waals surface area (Å²) in [6.07, 6.45) is -12.0. The minimum absolute atomic E-state index is 0.484. The molecule has 0 aliphatic heterocycles. The van der Waals surface area contributed by atoms with Crippen LogP contribution in [0.2, 0.25) is 0 Å². The molecule has 0 bridgehead atoms. The van der Waals surface area contributed by atoms with Crippen LogP contribution in [0.3, 0.4) is 0 Å². The second kappa shape index (κ2) is 8.99. The highest BCUT2D eigenvalue weighted by atomic mass is 32.2. The standard InChI is InChI=1S/C15H11F8NO7S/c1-8(14(18,19)20)10(25)31-13(15(21,22)23,30-7-12(16,17)32(27,28)29)11(26)24-9-5-3-2-4-6-9/h2-6H,1,7H2,(H,24,26)(H,27,28,29). The molecule has 1 aromatic rings. The molecule has 0 radical (unpaired) electrons. The Labute approximate surface area is 173 Å². The van der Waals surface area contributed by atoms with Crippen molar-refractivity contribution >= 4 is 27.7 Å². The van der Waals surface area contributed by atoms with Gasteiger partial charge in [-0.05, 0) is 12.1 Å². The topological polar surface area (TPSA) is 119 Å². The number of rotatable bonds is 8. The number of esters is 1. The van der Waals surface area contributed by atoms with Crippen LogP contribution in [0, 0.1) is 0 Å². The highest BCUT2D eigenvalue weighted by Crippen LogP contribution is 2.39. The number of halogens is 8. The van der Waals surface area contributed by atoms with Crippen LogP contribution in [0.5, 0.6) is 0 Å². The van der Waals surface area contributed by atoms with Gasteiger partial charge in [0.05, 0.1) is 0 Å². The molecule has 2 N–H and O–H groups in total. The fourth-order valence-electron chi connectivity index (χ4n) is 1.71. The minimum Gasteiger partial charge on any atom is -0.412 e. The lowest BCUT2D eigenvalue weighted by Crippen LogP contribution is -2.61. The first-order chi connectivity index (χ1) is 14.2. The van der Waals surface area contributed by atoms with Crippen LogP contribution in [0.4, 0.5) is 40.8 Å². The lowest BCUT2D eigenvalue weighted by Gasteiger charge is -2.34. The molecule has 0 aliphatic rings. The monoisotopic (exact) mass is 501 g/mol. The molecule has 0 saturated heterocycles. The quantitative estimate of drug-likeness (QED) is 0.185. The van der Waals surface area contributed by atoms with E-state index in [4.69, 9.17) is 4.55 Å². The average Bonchev–Trinajstić information content (AvgIpc) is 2.62. The Hall–Kier alpha value is -2.79. The number of nitrogens with one attached hydrogen (secondary N) is 1. The van der Waals surface area contributed by atoms with E-state index in [0.29, 0.717) is 0 Å². The van der Waals surface area contributed by atoms with E-state index < -0.39 is 63.3 Å². The average molecular weight is 501 g/mol. The summed E-state index contributed by atoms with van der Waals surface area (Å²) in [4.78, 5) is 23.8. The van der Waals surface area contributed by atoms with Gasteiger partial charge < -0.3 is 14.8 Å². The Kier molecular flexibility index (Phi) is 7.65. The summed E-state index contributed by atoms with van der Waals surface area (Å²) in [5, 5.41) is -4.08. The van der Waals surface area contributed by atoms with E-state index >= 15 is 0 Å². The fraction of sp³-hybridized carbons (Fsp3) is 0.333. The maximum Gasteiger partial charge on any atom is 0.466 e. The maximum absolute atomic E-state index is 13.7. The Morgan fingerprint density at radius 2 is 1.50 bits per heavy atom. The van der Waals surface area contributed by atoms with E-state index in [1.54, 1.807) is 0 Å². The number of carbonyl (C=O) groups is 2. The molecule has 32 heavy (non-hydrogen) atoms. The summed E-state index contributed by atoms with van der Waals surface area (Å²) in [5.74, 6) is -10.8. The number of para-hydroxylation sites is 1. The van der Waals surface area contributed by atoms with Gasteiger partial charge in [-0.25, -0.2) is 4.79 Å². The van der Waals surface area contributed by atoms with Crippen molar-refractivity contribution in [2.24, 2.45) is 0 Å². The number of alkyl halides is 8. The predicted molar refractivity (Wildman–Crippen MR) is 87.6 cm³/mol. The zero-order chi connectivity index (χ0) is 25.2. The van der Waals surface area contributed by atoms with Crippen molar-refractivity contribution in [1.82, 2.24) is 0 Å². The molecule has 1 amide bonds. The van der Waals surface area contributed by atoms with Crippen molar-refractivity contribution in [2.75, 3.05) is 11.9 Å². The zero-order valence-electron chi connectivity index (χ0n) is 15.1. The normalized spacial score (nSPS) is 14.9. The summed E-state index contributed by atoms with van der Waals surface area (Å²) in [7, 11) is -6.42. The van der Waals surface area contributed by atoms with Crippen LogP contribution >= 0.6 is 0 Å². The van der Waals surface area contributed by atoms with Crippen LogP contribution in [0.25, 0.3) is 0 Å². The first kappa shape index (κ1) is 27.2. The third kappa shape index (κ3) is 6.13. The van der Waals surface area contributed by atoms with Gasteiger partial charge in [-0.3, -0.25) is 9.35 Å². The van der Waals surface area contributed by atoms with E-state index in [-0.39, 0.29) is 0 Å². The smallest absolute Gasteiger partial charge is 0.412 e. The molecule has 1 rings (SSSR count). The van der Waals surface area contributed by atoms with Gasteiger partial charge in [0.2, 0.25) is 0 Å². The van der Waals surface area contributed by atoms with Crippen LogP contribution in [0.1, 0.15) is 0 Å². The highest BCUT2D eigenvalue weighted by molar-refractivity contribution is 7.86. The zero-order valence-corrected chi connectivity index (χ0v) is 15.9. The Morgan fingerprint density at radius 1 is 1.00 bits per heavy atom. The molecule has 180 valence electrons. The second-order valence-electron chi connectivity index (χ2n) is 5.70. The molecule has 0 aromatic heterocycles. The summed E-state index contributed by atoms with van der Waals surface area (Å²) >= 11 is 0. The van der Waals surface area contributed by atoms with Crippen molar-refractivity contribution in [3.63, 3.8) is 0 Å². The summed E-state index contributed by atoms with van der Waals surface area (Å²) in [6.45, 7) is -0.814. The van der Waals surface area contributed by atoms with Crippen LogP contribution in [0.15, 0.2) is 42.5 Å². The summed E-state index contributed by atoms with van der Waals surface area (Å²) in [5.41, 5.74) is -3.06. The third-order valence-corrected chi connectivity index (χ3v) is 4.22. The molecule has 17 heteroatoms. The lowest BCUT2D eigenvalue weighted by atomic mass is 10.2. The van der Waals surface area contributed by atoms with Gasteiger partial charge in [0, 0.05) is 5.69 Å². The summed E-state index contributed by atoms with van der Waals surface area (Å²) in [6, 6.07) is 5.54. The van der Waals surface area contributed by atoms with Crippen LogP contribution in [-0.4, -0.2) is 54.8 Å². The number of amides is 1. The minimum atomic E-state index is -6.42. The molecular formula is C15H11F8NO7S. The first-order valence-corrected chi connectivity index (χ1v) is 9.10. The van der Waals surface area contributed by atoms with E-state index in [2.05, 4.69) is 16.1 Å². The van der Waals surface area contributed by atoms with Crippen molar-refractivity contribution in [1.29, 1.82) is 0 Å². The van der Waals surface area contributed by atoms with Crippen LogP contribution in [-0.2, 0) is 29.2 Å². The second-order valence-corrected chi connectivity index (χ2v) is 7.25. The van der Waals surface area contributed by atoms with Crippen molar-refractivity contribution in [3.05, 3.63) is 42.5 Å². The number of ether oxygens (including phenoxy) is 2. The molecule has 0 saturated carbocycles. The SMILES string of the molecule is C=C(C(=O)OC(OCC(F)(F)S(=O)(=O)O)(C(=O)Nc1ccccc1)C(F)(F)F)C(F)(F)F. The van der Waals surface area contributed by atoms with E-state index in [9.17, 15) is 53.1 Å². The molecule has 0 spiro atoms. The number of hydrogen-bond acceptors (Lipinski definition) is 6. The van der Waals surface area contributed by atoms with Gasteiger partial charge in [-0.2, -0.15) is 43.5 Å². The maximum atomic E-state index is 13.7. The van der Waals surface area contributed by atoms with Crippen molar-refractivity contribution in [3.8, 4) is 0 Å². The molecule has 1 atom stereocenters. The molecule has 1 aromatic carbocycles. The molecule has 0 heterocycles. The van der Waals surface area contributed by atoms with Gasteiger partial charge in [-0.15, -0.1) is 0 Å². The van der Waals surface area contributed by atoms with E-state index in [1.807, 2.05) is 0 Å². The highest BCUT2D eigenvalue weighted by Gasteiger charge is 2.68. The van der Waals surface area contributed by atoms with Gasteiger partial charge >= 0.3 is 45.4 Å². The Balaban J connectivity index is 3.52. The van der Waals surface area contributed by atoms with Gasteiger partial charge in [0.15, 0.2) is 0 Å². The number of carbonyl (C=O) groups excluding carboxylic acids is 2. The van der Waals surface area contributed by atoms with Crippen LogP contribution < -0.4 is 5.32 Å². The lowest BCUT2D eigenvalue weighted by molar-refractivity contribution is -0.351. The van der Waals surface area contributed by atoms with Gasteiger partial charge in [-0.1, -0.05) is 24.8 Å². The largest absolute Gasteiger partial charge is 0.466 e.